The maximum absolute atomic E-state index is 13.6. The molecule has 0 amide bonds. The van der Waals surface area contributed by atoms with Crippen LogP contribution in [0, 0.1) is 5.82 Å². The number of benzene rings is 1. The number of carbonyl (C=O) groups is 1. The van der Waals surface area contributed by atoms with Gasteiger partial charge in [0.15, 0.2) is 5.16 Å². The number of carboxylic acids is 1. The minimum atomic E-state index is -1.13. The number of thioether (sulfide) groups is 1. The third-order valence-corrected chi connectivity index (χ3v) is 3.54. The molecule has 4 nitrogen and oxygen atoms in total. The second-order valence-corrected chi connectivity index (χ2v) is 4.66. The topological polar surface area (TPSA) is 55.1 Å². The molecule has 0 aliphatic rings. The van der Waals surface area contributed by atoms with Crippen LogP contribution in [0.15, 0.2) is 35.7 Å². The number of aromatic carboxylic acids is 1. The van der Waals surface area contributed by atoms with Crippen LogP contribution in [0.5, 0.6) is 0 Å². The number of aromatic nitrogens is 2. The van der Waals surface area contributed by atoms with Crippen LogP contribution in [0.25, 0.3) is 0 Å². The highest BCUT2D eigenvalue weighted by Gasteiger charge is 2.09. The van der Waals surface area contributed by atoms with Gasteiger partial charge >= 0.3 is 5.97 Å². The van der Waals surface area contributed by atoms with Crippen molar-refractivity contribution in [2.24, 2.45) is 7.05 Å². The lowest BCUT2D eigenvalue weighted by molar-refractivity contribution is 0.0696. The molecule has 18 heavy (non-hydrogen) atoms. The number of imidazole rings is 1. The van der Waals surface area contributed by atoms with E-state index in [2.05, 4.69) is 4.98 Å². The standard InChI is InChI=1S/C12H11FN2O2S/c1-15-5-4-14-12(15)18-7-9-3-2-8(11(16)17)6-10(9)13/h2-6H,7H2,1H3,(H,16,17). The predicted octanol–water partition coefficient (Wildman–Crippen LogP) is 2.55. The van der Waals surface area contributed by atoms with Gasteiger partial charge in [0.1, 0.15) is 5.82 Å². The van der Waals surface area contributed by atoms with Crippen molar-refractivity contribution in [1.82, 2.24) is 9.55 Å². The van der Waals surface area contributed by atoms with E-state index in [1.54, 1.807) is 6.20 Å². The molecule has 1 aromatic carbocycles. The zero-order chi connectivity index (χ0) is 13.1. The number of halogens is 1. The summed E-state index contributed by atoms with van der Waals surface area (Å²) in [5.74, 6) is -1.22. The molecule has 0 unspecified atom stereocenters. The van der Waals surface area contributed by atoms with E-state index in [0.29, 0.717) is 11.3 Å². The van der Waals surface area contributed by atoms with Crippen molar-refractivity contribution in [3.8, 4) is 0 Å². The Morgan fingerprint density at radius 2 is 2.33 bits per heavy atom. The normalized spacial score (nSPS) is 10.6. The fraction of sp³-hybridized carbons (Fsp3) is 0.167. The van der Waals surface area contributed by atoms with Gasteiger partial charge in [0.2, 0.25) is 0 Å². The minimum absolute atomic E-state index is 0.0433. The van der Waals surface area contributed by atoms with Crippen LogP contribution in [-0.2, 0) is 12.8 Å². The summed E-state index contributed by atoms with van der Waals surface area (Å²) in [6, 6.07) is 3.94. The Bertz CT molecular complexity index is 583. The Labute approximate surface area is 107 Å². The molecule has 94 valence electrons. The molecule has 1 heterocycles. The van der Waals surface area contributed by atoms with E-state index in [1.807, 2.05) is 17.8 Å². The summed E-state index contributed by atoms with van der Waals surface area (Å²) in [5, 5.41) is 9.52. The monoisotopic (exact) mass is 266 g/mol. The first-order valence-electron chi connectivity index (χ1n) is 5.20. The third kappa shape index (κ3) is 2.70. The zero-order valence-corrected chi connectivity index (χ0v) is 10.4. The lowest BCUT2D eigenvalue weighted by Gasteiger charge is -2.04. The van der Waals surface area contributed by atoms with E-state index in [9.17, 15) is 9.18 Å². The lowest BCUT2D eigenvalue weighted by atomic mass is 10.1. The molecule has 1 N–H and O–H groups in total. The molecule has 0 saturated heterocycles. The van der Waals surface area contributed by atoms with E-state index in [0.717, 1.165) is 11.2 Å². The van der Waals surface area contributed by atoms with Crippen molar-refractivity contribution in [3.05, 3.63) is 47.5 Å². The average Bonchev–Trinajstić information content (AvgIpc) is 2.73. The van der Waals surface area contributed by atoms with Gasteiger partial charge in [-0.3, -0.25) is 0 Å². The number of hydrogen-bond donors (Lipinski definition) is 1. The smallest absolute Gasteiger partial charge is 0.335 e. The Morgan fingerprint density at radius 1 is 1.56 bits per heavy atom. The number of carboxylic acid groups (broad SMARTS) is 1. The molecular formula is C12H11FN2O2S. The Kier molecular flexibility index (Phi) is 3.66. The molecule has 6 heteroatoms. The summed E-state index contributed by atoms with van der Waals surface area (Å²) < 4.78 is 15.5. The quantitative estimate of drug-likeness (QED) is 0.864. The fourth-order valence-corrected chi connectivity index (χ4v) is 2.35. The molecule has 2 rings (SSSR count). The van der Waals surface area contributed by atoms with E-state index >= 15 is 0 Å². The molecule has 0 aliphatic heterocycles. The van der Waals surface area contributed by atoms with Crippen LogP contribution >= 0.6 is 11.8 Å². The van der Waals surface area contributed by atoms with Gasteiger partial charge in [-0.05, 0) is 17.7 Å². The summed E-state index contributed by atoms with van der Waals surface area (Å²) in [6.45, 7) is 0. The van der Waals surface area contributed by atoms with Crippen LogP contribution in [-0.4, -0.2) is 20.6 Å². The van der Waals surface area contributed by atoms with Gasteiger partial charge in [-0.15, -0.1) is 0 Å². The second-order valence-electron chi connectivity index (χ2n) is 3.72. The molecule has 1 aromatic heterocycles. The van der Waals surface area contributed by atoms with Crippen molar-refractivity contribution < 1.29 is 14.3 Å². The summed E-state index contributed by atoms with van der Waals surface area (Å²) in [5.41, 5.74) is 0.422. The lowest BCUT2D eigenvalue weighted by Crippen LogP contribution is -1.99. The van der Waals surface area contributed by atoms with Gasteiger partial charge < -0.3 is 9.67 Å². The SMILES string of the molecule is Cn1ccnc1SCc1ccc(C(=O)O)cc1F. The first kappa shape index (κ1) is 12.6. The Morgan fingerprint density at radius 3 is 2.89 bits per heavy atom. The van der Waals surface area contributed by atoms with Gasteiger partial charge in [-0.25, -0.2) is 14.2 Å². The maximum Gasteiger partial charge on any atom is 0.335 e. The van der Waals surface area contributed by atoms with Gasteiger partial charge in [-0.2, -0.15) is 0 Å². The molecule has 0 fully saturated rings. The van der Waals surface area contributed by atoms with Crippen LogP contribution < -0.4 is 0 Å². The number of hydrogen-bond acceptors (Lipinski definition) is 3. The first-order valence-corrected chi connectivity index (χ1v) is 6.18. The van der Waals surface area contributed by atoms with Gasteiger partial charge in [0, 0.05) is 25.2 Å². The van der Waals surface area contributed by atoms with Crippen molar-refractivity contribution in [2.45, 2.75) is 10.9 Å². The molecule has 0 saturated carbocycles. The van der Waals surface area contributed by atoms with Gasteiger partial charge in [0.05, 0.1) is 5.56 Å². The highest BCUT2D eigenvalue weighted by atomic mass is 32.2. The van der Waals surface area contributed by atoms with Gasteiger partial charge in [0.25, 0.3) is 0 Å². The van der Waals surface area contributed by atoms with Crippen LogP contribution in [0.2, 0.25) is 0 Å². The van der Waals surface area contributed by atoms with E-state index in [4.69, 9.17) is 5.11 Å². The average molecular weight is 266 g/mol. The summed E-state index contributed by atoms with van der Waals surface area (Å²) in [6.07, 6.45) is 3.48. The van der Waals surface area contributed by atoms with Crippen molar-refractivity contribution in [3.63, 3.8) is 0 Å². The Hall–Kier alpha value is -1.82. The summed E-state index contributed by atoms with van der Waals surface area (Å²) >= 11 is 1.40. The minimum Gasteiger partial charge on any atom is -0.478 e. The molecule has 0 bridgehead atoms. The molecule has 2 aromatic rings. The Balaban J connectivity index is 2.11. The molecule has 0 aliphatic carbocycles. The number of rotatable bonds is 4. The third-order valence-electron chi connectivity index (χ3n) is 2.43. The van der Waals surface area contributed by atoms with Gasteiger partial charge in [-0.1, -0.05) is 17.8 Å². The maximum atomic E-state index is 13.6. The second kappa shape index (κ2) is 5.22. The first-order chi connectivity index (χ1) is 8.58. The fourth-order valence-electron chi connectivity index (χ4n) is 1.43. The van der Waals surface area contributed by atoms with E-state index in [1.165, 1.54) is 23.9 Å². The van der Waals surface area contributed by atoms with Crippen LogP contribution in [0.4, 0.5) is 4.39 Å². The molecular weight excluding hydrogens is 255 g/mol. The van der Waals surface area contributed by atoms with E-state index < -0.39 is 11.8 Å². The zero-order valence-electron chi connectivity index (χ0n) is 9.63. The number of aryl methyl sites for hydroxylation is 1. The van der Waals surface area contributed by atoms with Crippen molar-refractivity contribution in [1.29, 1.82) is 0 Å². The highest BCUT2D eigenvalue weighted by molar-refractivity contribution is 7.98. The largest absolute Gasteiger partial charge is 0.478 e. The van der Waals surface area contributed by atoms with E-state index in [-0.39, 0.29) is 5.56 Å². The summed E-state index contributed by atoms with van der Waals surface area (Å²) in [7, 11) is 1.86. The van der Waals surface area contributed by atoms with Crippen LogP contribution in [0.3, 0.4) is 0 Å². The van der Waals surface area contributed by atoms with Crippen molar-refractivity contribution >= 4 is 17.7 Å². The molecule has 0 radical (unpaired) electrons. The van der Waals surface area contributed by atoms with Crippen LogP contribution in [0.1, 0.15) is 15.9 Å². The molecule has 0 atom stereocenters. The molecule has 0 spiro atoms. The van der Waals surface area contributed by atoms with Crippen molar-refractivity contribution in [2.75, 3.05) is 0 Å². The predicted molar refractivity (Wildman–Crippen MR) is 66.1 cm³/mol. The highest BCUT2D eigenvalue weighted by Crippen LogP contribution is 2.22. The number of nitrogens with zero attached hydrogens (tertiary/aromatic N) is 2. The summed E-state index contributed by atoms with van der Waals surface area (Å²) in [4.78, 5) is 14.8.